The van der Waals surface area contributed by atoms with Crippen LogP contribution in [0.4, 0.5) is 0 Å². The van der Waals surface area contributed by atoms with Crippen LogP contribution in [-0.4, -0.2) is 0 Å². The predicted molar refractivity (Wildman–Crippen MR) is 67.4 cm³/mol. The van der Waals surface area contributed by atoms with Gasteiger partial charge in [0.15, 0.2) is 0 Å². The first-order valence-electron chi connectivity index (χ1n) is 4.89. The molecule has 88 valence electrons. The molecule has 0 saturated heterocycles. The van der Waals surface area contributed by atoms with Crippen LogP contribution < -0.4 is 0 Å². The molecule has 0 fully saturated rings. The summed E-state index contributed by atoms with van der Waals surface area (Å²) in [6, 6.07) is 22.6. The molecular weight excluding hydrogens is 256 g/mol. The summed E-state index contributed by atoms with van der Waals surface area (Å²) in [6.07, 6.45) is 0. The normalized spacial score (nSPS) is 8.75. The molecule has 1 heterocycles. The van der Waals surface area contributed by atoms with Gasteiger partial charge in [-0.25, -0.2) is 0 Å². The van der Waals surface area contributed by atoms with Crippen molar-refractivity contribution in [2.24, 2.45) is 0 Å². The van der Waals surface area contributed by atoms with Crippen LogP contribution in [0.25, 0.3) is 10.4 Å². The fourth-order valence-electron chi connectivity index (χ4n) is 1.30. The van der Waals surface area contributed by atoms with Gasteiger partial charge in [-0.1, -0.05) is 6.07 Å². The van der Waals surface area contributed by atoms with Crippen LogP contribution in [0.5, 0.6) is 0 Å². The van der Waals surface area contributed by atoms with E-state index in [2.05, 4.69) is 41.8 Å². The number of hydrogen-bond donors (Lipinski definition) is 0. The second kappa shape index (κ2) is 7.24. The van der Waals surface area contributed by atoms with Crippen molar-refractivity contribution in [2.75, 3.05) is 0 Å². The number of thiophene rings is 1. The van der Waals surface area contributed by atoms with E-state index in [1.165, 1.54) is 10.4 Å². The summed E-state index contributed by atoms with van der Waals surface area (Å²) in [6.45, 7) is 0. The number of hydrogen-bond acceptors (Lipinski definition) is 1. The molecule has 3 rings (SSSR count). The Balaban J connectivity index is 0.000000183. The molecule has 0 nitrogen and oxygen atoms in total. The Hall–Kier alpha value is -1.08. The Morgan fingerprint density at radius 3 is 1.88 bits per heavy atom. The summed E-state index contributed by atoms with van der Waals surface area (Å²) in [5.41, 5.74) is 1.33. The summed E-state index contributed by atoms with van der Waals surface area (Å²) in [5, 5.41) is 2.10. The molecule has 0 bridgehead atoms. The number of rotatable bonds is 1. The average molecular weight is 268 g/mol. The fourth-order valence-corrected chi connectivity index (χ4v) is 2.03. The van der Waals surface area contributed by atoms with Gasteiger partial charge in [-0.3, -0.25) is 0 Å². The van der Waals surface area contributed by atoms with Gasteiger partial charge in [0.1, 0.15) is 0 Å². The zero-order chi connectivity index (χ0) is 10.3. The van der Waals surface area contributed by atoms with E-state index in [-0.39, 0.29) is 17.1 Å². The van der Waals surface area contributed by atoms with Crippen molar-refractivity contribution in [1.82, 2.24) is 0 Å². The molecule has 0 atom stereocenters. The van der Waals surface area contributed by atoms with Gasteiger partial charge >= 0.3 is 0 Å². The molecule has 0 aliphatic carbocycles. The molecule has 0 aliphatic rings. The minimum atomic E-state index is 0. The van der Waals surface area contributed by atoms with E-state index in [1.54, 1.807) is 11.3 Å². The van der Waals surface area contributed by atoms with Gasteiger partial charge in [-0.05, 0) is 10.3 Å². The maximum Gasteiger partial charge on any atom is 0 e. The van der Waals surface area contributed by atoms with E-state index >= 15 is 0 Å². The first-order valence-corrected chi connectivity index (χ1v) is 5.77. The van der Waals surface area contributed by atoms with Crippen molar-refractivity contribution in [2.45, 2.75) is 0 Å². The van der Waals surface area contributed by atoms with E-state index in [1.807, 2.05) is 30.3 Å². The molecule has 1 aromatic heterocycles. The third-order valence-electron chi connectivity index (χ3n) is 2.02. The van der Waals surface area contributed by atoms with Crippen LogP contribution in [0.15, 0.2) is 72.1 Å². The molecule has 2 heteroatoms. The first-order chi connectivity index (χ1) is 7.47. The maximum absolute atomic E-state index is 2.14. The second-order valence-corrected chi connectivity index (χ2v) is 4.06. The van der Waals surface area contributed by atoms with Crippen molar-refractivity contribution in [3.05, 3.63) is 72.1 Å². The van der Waals surface area contributed by atoms with Gasteiger partial charge in [-0.15, -0.1) is 23.8 Å². The minimum Gasteiger partial charge on any atom is -0.748 e. The summed E-state index contributed by atoms with van der Waals surface area (Å²) >= 11 is 1.78. The van der Waals surface area contributed by atoms with Crippen molar-refractivity contribution in [3.8, 4) is 10.4 Å². The Morgan fingerprint density at radius 2 is 1.44 bits per heavy atom. The van der Waals surface area contributed by atoms with Gasteiger partial charge in [0, 0.05) is 17.1 Å². The smallest absolute Gasteiger partial charge is 0 e. The summed E-state index contributed by atoms with van der Waals surface area (Å²) < 4.78 is 0. The standard InChI is InChI=1S/C9H7S.C5H5.Fe/c1-2-5-8(4-1)9-6-3-7-10-9;1-2-4-5-3-1;/h1-7H;1-5H;/q-1;-5;. The molecule has 0 radical (unpaired) electrons. The van der Waals surface area contributed by atoms with Crippen LogP contribution in [0.2, 0.25) is 0 Å². The first kappa shape index (κ1) is 13.0. The van der Waals surface area contributed by atoms with Crippen molar-refractivity contribution in [1.29, 1.82) is 0 Å². The van der Waals surface area contributed by atoms with Gasteiger partial charge in [0.25, 0.3) is 0 Å². The van der Waals surface area contributed by atoms with E-state index in [9.17, 15) is 0 Å². The van der Waals surface area contributed by atoms with Crippen LogP contribution in [0.1, 0.15) is 0 Å². The molecule has 0 N–H and O–H groups in total. The van der Waals surface area contributed by atoms with Gasteiger partial charge in [-0.2, -0.15) is 23.5 Å². The van der Waals surface area contributed by atoms with E-state index in [4.69, 9.17) is 0 Å². The summed E-state index contributed by atoms with van der Waals surface area (Å²) in [5.74, 6) is 0. The Kier molecular flexibility index (Phi) is 5.87. The van der Waals surface area contributed by atoms with Crippen molar-refractivity contribution < 1.29 is 17.1 Å². The molecule has 0 unspecified atom stereocenters. The van der Waals surface area contributed by atoms with E-state index in [0.717, 1.165) is 0 Å². The van der Waals surface area contributed by atoms with Crippen LogP contribution in [0.3, 0.4) is 0 Å². The summed E-state index contributed by atoms with van der Waals surface area (Å²) in [4.78, 5) is 1.35. The fraction of sp³-hybridized carbons (Fsp3) is 0. The molecule has 0 aliphatic heterocycles. The molecule has 0 spiro atoms. The van der Waals surface area contributed by atoms with Gasteiger partial charge in [0.2, 0.25) is 0 Å². The Morgan fingerprint density at radius 1 is 0.875 bits per heavy atom. The van der Waals surface area contributed by atoms with Crippen molar-refractivity contribution in [3.63, 3.8) is 0 Å². The zero-order valence-electron chi connectivity index (χ0n) is 8.69. The largest absolute Gasteiger partial charge is 0.748 e. The molecule has 0 amide bonds. The topological polar surface area (TPSA) is 0 Å². The van der Waals surface area contributed by atoms with E-state index < -0.39 is 0 Å². The third-order valence-corrected chi connectivity index (χ3v) is 2.94. The van der Waals surface area contributed by atoms with E-state index in [0.29, 0.717) is 0 Å². The quantitative estimate of drug-likeness (QED) is 0.449. The Labute approximate surface area is 111 Å². The second-order valence-electron chi connectivity index (χ2n) is 3.11. The molecule has 0 saturated carbocycles. The Bertz CT molecular complexity index is 385. The summed E-state index contributed by atoms with van der Waals surface area (Å²) in [7, 11) is 0. The van der Waals surface area contributed by atoms with Crippen LogP contribution >= 0.6 is 11.3 Å². The third kappa shape index (κ3) is 3.82. The van der Waals surface area contributed by atoms with Gasteiger partial charge < -0.3 is 30.3 Å². The predicted octanol–water partition coefficient (Wildman–Crippen LogP) is 4.54. The SMILES string of the molecule is [Fe].[cH-]1[cH-][cH-][cH-][cH-]1.c1csc(-[c-]2cccc2)c1. The molecule has 16 heavy (non-hydrogen) atoms. The monoisotopic (exact) mass is 268 g/mol. The van der Waals surface area contributed by atoms with Crippen molar-refractivity contribution >= 4 is 11.3 Å². The molecule has 2 aromatic carbocycles. The van der Waals surface area contributed by atoms with Crippen LogP contribution in [-0.2, 0) is 17.1 Å². The van der Waals surface area contributed by atoms with Crippen LogP contribution in [0, 0.1) is 0 Å². The minimum absolute atomic E-state index is 0. The zero-order valence-corrected chi connectivity index (χ0v) is 10.6. The average Bonchev–Trinajstić information content (AvgIpc) is 3.06. The molecular formula is C14H12FeS-6. The molecule has 3 aromatic rings. The van der Waals surface area contributed by atoms with Gasteiger partial charge in [0.05, 0.1) is 0 Å². The maximum atomic E-state index is 2.14.